The van der Waals surface area contributed by atoms with Crippen LogP contribution in [-0.4, -0.2) is 4.98 Å². The Bertz CT molecular complexity index is 2130. The number of anilines is 3. The van der Waals surface area contributed by atoms with E-state index in [2.05, 4.69) is 174 Å². The maximum Gasteiger partial charge on any atom is 0.0465 e. The van der Waals surface area contributed by atoms with Crippen molar-refractivity contribution in [3.8, 4) is 22.3 Å². The van der Waals surface area contributed by atoms with Crippen molar-refractivity contribution < 1.29 is 0 Å². The third kappa shape index (κ3) is 4.91. The highest BCUT2D eigenvalue weighted by molar-refractivity contribution is 6.08. The molecule has 210 valence electrons. The van der Waals surface area contributed by atoms with E-state index in [-0.39, 0.29) is 0 Å². The molecule has 0 unspecified atom stereocenters. The molecule has 1 N–H and O–H groups in total. The van der Waals surface area contributed by atoms with E-state index in [1.807, 2.05) is 0 Å². The Morgan fingerprint density at radius 3 is 1.66 bits per heavy atom. The summed E-state index contributed by atoms with van der Waals surface area (Å²) in [6, 6.07) is 52.6. The first-order valence-electron chi connectivity index (χ1n) is 15.3. The van der Waals surface area contributed by atoms with Crippen LogP contribution in [-0.2, 0) is 0 Å². The van der Waals surface area contributed by atoms with Crippen molar-refractivity contribution >= 4 is 44.4 Å². The molecule has 2 nitrogen and oxygen atoms in total. The Morgan fingerprint density at radius 2 is 1.00 bits per heavy atom. The van der Waals surface area contributed by atoms with E-state index >= 15 is 0 Å². The summed E-state index contributed by atoms with van der Waals surface area (Å²) < 4.78 is 0. The van der Waals surface area contributed by atoms with Gasteiger partial charge < -0.3 is 9.88 Å². The van der Waals surface area contributed by atoms with Gasteiger partial charge >= 0.3 is 0 Å². The number of para-hydroxylation sites is 1. The third-order valence-electron chi connectivity index (χ3n) is 8.71. The van der Waals surface area contributed by atoms with Gasteiger partial charge in [-0.05, 0) is 101 Å². The van der Waals surface area contributed by atoms with Crippen molar-refractivity contribution in [3.05, 3.63) is 169 Å². The first-order valence-corrected chi connectivity index (χ1v) is 15.3. The van der Waals surface area contributed by atoms with Gasteiger partial charge in [-0.25, -0.2) is 0 Å². The standard InChI is InChI=1S/C42H32N2/c1-3-9-30(10-4-1)32-15-22-36(23-16-32)44(37-24-17-33(18-25-37)31-11-5-2-6-12-31)38-26-19-34(20-27-38)35-21-28-42-40(29-35)39-13-7-8-14-41(39)43-42/h1-5,7-11,13-29,43H,6,12H2. The molecule has 1 aliphatic carbocycles. The summed E-state index contributed by atoms with van der Waals surface area (Å²) in [5.74, 6) is 0. The lowest BCUT2D eigenvalue weighted by Gasteiger charge is -2.26. The number of aromatic nitrogens is 1. The topological polar surface area (TPSA) is 19.0 Å². The van der Waals surface area contributed by atoms with Gasteiger partial charge in [-0.15, -0.1) is 0 Å². The lowest BCUT2D eigenvalue weighted by atomic mass is 9.97. The fraction of sp³-hybridized carbons (Fsp3) is 0.0476. The van der Waals surface area contributed by atoms with Crippen LogP contribution in [0.1, 0.15) is 18.4 Å². The average molecular weight is 565 g/mol. The Hall–Kier alpha value is -5.60. The Labute approximate surface area is 258 Å². The first-order chi connectivity index (χ1) is 21.8. The molecule has 2 heteroatoms. The van der Waals surface area contributed by atoms with Crippen molar-refractivity contribution in [1.82, 2.24) is 4.98 Å². The summed E-state index contributed by atoms with van der Waals surface area (Å²) >= 11 is 0. The molecule has 1 heterocycles. The molecule has 8 rings (SSSR count). The molecule has 0 radical (unpaired) electrons. The summed E-state index contributed by atoms with van der Waals surface area (Å²) in [7, 11) is 0. The normalized spacial score (nSPS) is 12.9. The molecular weight excluding hydrogens is 532 g/mol. The molecule has 0 amide bonds. The molecule has 0 fully saturated rings. The van der Waals surface area contributed by atoms with E-state index in [9.17, 15) is 0 Å². The number of nitrogens with one attached hydrogen (secondary N) is 1. The average Bonchev–Trinajstić information content (AvgIpc) is 3.48. The molecule has 44 heavy (non-hydrogen) atoms. The zero-order valence-electron chi connectivity index (χ0n) is 24.4. The van der Waals surface area contributed by atoms with Gasteiger partial charge in [0.15, 0.2) is 0 Å². The van der Waals surface area contributed by atoms with Gasteiger partial charge in [0.1, 0.15) is 0 Å². The number of hydrogen-bond acceptors (Lipinski definition) is 1. The first kappa shape index (κ1) is 26.1. The van der Waals surface area contributed by atoms with Gasteiger partial charge in [-0.3, -0.25) is 0 Å². The number of nitrogens with zero attached hydrogens (tertiary/aromatic N) is 1. The van der Waals surface area contributed by atoms with Crippen molar-refractivity contribution in [2.24, 2.45) is 0 Å². The van der Waals surface area contributed by atoms with Gasteiger partial charge in [-0.1, -0.05) is 109 Å². The predicted octanol–water partition coefficient (Wildman–Crippen LogP) is 11.9. The van der Waals surface area contributed by atoms with Gasteiger partial charge in [-0.2, -0.15) is 0 Å². The van der Waals surface area contributed by atoms with Crippen LogP contribution in [0, 0.1) is 0 Å². The fourth-order valence-corrected chi connectivity index (χ4v) is 6.38. The molecule has 1 aliphatic rings. The molecule has 6 aromatic carbocycles. The van der Waals surface area contributed by atoms with Crippen molar-refractivity contribution in [2.45, 2.75) is 12.8 Å². The lowest BCUT2D eigenvalue weighted by Crippen LogP contribution is -2.10. The summed E-state index contributed by atoms with van der Waals surface area (Å²) in [5, 5.41) is 2.51. The second-order valence-electron chi connectivity index (χ2n) is 11.4. The second kappa shape index (κ2) is 11.2. The van der Waals surface area contributed by atoms with Gasteiger partial charge in [0.25, 0.3) is 0 Å². The minimum Gasteiger partial charge on any atom is -0.355 e. The summed E-state index contributed by atoms with van der Waals surface area (Å²) in [4.78, 5) is 5.89. The SMILES string of the molecule is C1=CCCC(c2ccc(N(c3ccc(-c4ccccc4)cc3)c3ccc(-c4ccc5[nH]c6ccccc6c5c4)cc3)cc2)=C1. The maximum atomic E-state index is 3.54. The maximum absolute atomic E-state index is 3.54. The number of benzene rings is 6. The van der Waals surface area contributed by atoms with Crippen LogP contribution in [0.5, 0.6) is 0 Å². The van der Waals surface area contributed by atoms with Crippen molar-refractivity contribution in [2.75, 3.05) is 4.90 Å². The van der Waals surface area contributed by atoms with Crippen molar-refractivity contribution in [1.29, 1.82) is 0 Å². The quantitative estimate of drug-likeness (QED) is 0.213. The molecule has 0 saturated heterocycles. The number of H-pyrrole nitrogens is 1. The summed E-state index contributed by atoms with van der Waals surface area (Å²) in [6.07, 6.45) is 8.84. The largest absolute Gasteiger partial charge is 0.355 e. The fourth-order valence-electron chi connectivity index (χ4n) is 6.38. The van der Waals surface area contributed by atoms with Gasteiger partial charge in [0.2, 0.25) is 0 Å². The molecule has 0 spiro atoms. The van der Waals surface area contributed by atoms with E-state index in [1.165, 1.54) is 55.2 Å². The number of rotatable bonds is 6. The molecule has 7 aromatic rings. The highest BCUT2D eigenvalue weighted by atomic mass is 15.1. The van der Waals surface area contributed by atoms with Gasteiger partial charge in [0, 0.05) is 38.9 Å². The van der Waals surface area contributed by atoms with E-state index in [0.29, 0.717) is 0 Å². The molecular formula is C42H32N2. The minimum absolute atomic E-state index is 1.09. The monoisotopic (exact) mass is 564 g/mol. The van der Waals surface area contributed by atoms with E-state index in [4.69, 9.17) is 0 Å². The summed E-state index contributed by atoms with van der Waals surface area (Å²) in [5.41, 5.74) is 13.3. The van der Waals surface area contributed by atoms with Crippen LogP contribution >= 0.6 is 0 Å². The smallest absolute Gasteiger partial charge is 0.0465 e. The lowest BCUT2D eigenvalue weighted by molar-refractivity contribution is 1.05. The van der Waals surface area contributed by atoms with E-state index in [1.54, 1.807) is 0 Å². The molecule has 0 bridgehead atoms. The van der Waals surface area contributed by atoms with Crippen LogP contribution in [0.25, 0.3) is 49.6 Å². The second-order valence-corrected chi connectivity index (χ2v) is 11.4. The third-order valence-corrected chi connectivity index (χ3v) is 8.71. The van der Waals surface area contributed by atoms with E-state index in [0.717, 1.165) is 29.9 Å². The van der Waals surface area contributed by atoms with Crippen LogP contribution in [0.4, 0.5) is 17.1 Å². The summed E-state index contributed by atoms with van der Waals surface area (Å²) in [6.45, 7) is 0. The molecule has 0 atom stereocenters. The Balaban J connectivity index is 1.16. The molecule has 0 aliphatic heterocycles. The van der Waals surface area contributed by atoms with Crippen LogP contribution in [0.15, 0.2) is 164 Å². The van der Waals surface area contributed by atoms with Gasteiger partial charge in [0.05, 0.1) is 0 Å². The van der Waals surface area contributed by atoms with Crippen LogP contribution in [0.2, 0.25) is 0 Å². The highest BCUT2D eigenvalue weighted by Crippen LogP contribution is 2.38. The van der Waals surface area contributed by atoms with Crippen LogP contribution in [0.3, 0.4) is 0 Å². The highest BCUT2D eigenvalue weighted by Gasteiger charge is 2.15. The Kier molecular flexibility index (Phi) is 6.66. The van der Waals surface area contributed by atoms with E-state index < -0.39 is 0 Å². The number of aromatic amines is 1. The zero-order valence-corrected chi connectivity index (χ0v) is 24.4. The van der Waals surface area contributed by atoms with Crippen molar-refractivity contribution in [3.63, 3.8) is 0 Å². The number of allylic oxidation sites excluding steroid dienone is 4. The molecule has 0 saturated carbocycles. The molecule has 1 aromatic heterocycles. The van der Waals surface area contributed by atoms with Crippen LogP contribution < -0.4 is 4.90 Å². The number of hydrogen-bond donors (Lipinski definition) is 1. The zero-order chi connectivity index (χ0) is 29.3. The Morgan fingerprint density at radius 1 is 0.455 bits per heavy atom. The number of fused-ring (bicyclic) bond motifs is 3. The predicted molar refractivity (Wildman–Crippen MR) is 188 cm³/mol. The minimum atomic E-state index is 1.09.